The van der Waals surface area contributed by atoms with E-state index in [1.165, 1.54) is 0 Å². The molecule has 0 spiro atoms. The van der Waals surface area contributed by atoms with Crippen molar-refractivity contribution < 1.29 is 28.5 Å². The smallest absolute Gasteiger partial charge is 0.336 e. The number of fused-ring (bicyclic) bond motifs is 1. The van der Waals surface area contributed by atoms with Gasteiger partial charge in [-0.3, -0.25) is 4.79 Å². The molecule has 2 aliphatic rings. The van der Waals surface area contributed by atoms with Gasteiger partial charge in [-0.05, 0) is 68.5 Å². The monoisotopic (exact) mass is 505 g/mol. The molecule has 0 amide bonds. The minimum atomic E-state index is -0.457. The number of aryl methyl sites for hydroxylation is 2. The zero-order valence-corrected chi connectivity index (χ0v) is 22.4. The van der Waals surface area contributed by atoms with Crippen LogP contribution in [0.15, 0.2) is 53.4 Å². The first-order valence-electron chi connectivity index (χ1n) is 12.6. The standard InChI is InChI=1S/C30H35NO6/c1-7-36-30(33)26-19(4)31-22-10-8-11-23(32)28(22)27(26)21-15-20(17(2)14-18(21)3)16-37-29-24(34-5)12-9-13-25(29)35-6/h9-10,12-15,27-28,31H,7-8,11,16H2,1-6H3. The molecule has 1 N–H and O–H groups in total. The highest BCUT2D eigenvalue weighted by Crippen LogP contribution is 2.45. The molecule has 7 nitrogen and oxygen atoms in total. The van der Waals surface area contributed by atoms with Crippen molar-refractivity contribution in [3.8, 4) is 17.2 Å². The van der Waals surface area contributed by atoms with Gasteiger partial charge in [-0.1, -0.05) is 24.3 Å². The topological polar surface area (TPSA) is 83.1 Å². The molecular weight excluding hydrogens is 470 g/mol. The fourth-order valence-corrected chi connectivity index (χ4v) is 5.34. The molecule has 196 valence electrons. The van der Waals surface area contributed by atoms with Gasteiger partial charge in [0.1, 0.15) is 12.4 Å². The Hall–Kier alpha value is -3.74. The van der Waals surface area contributed by atoms with E-state index in [4.69, 9.17) is 18.9 Å². The number of nitrogens with one attached hydrogen (secondary N) is 1. The van der Waals surface area contributed by atoms with Crippen LogP contribution in [0.1, 0.15) is 54.9 Å². The number of methoxy groups -OCH3 is 2. The number of carbonyl (C=O) groups excluding carboxylic acids is 2. The number of ether oxygens (including phenoxy) is 4. The van der Waals surface area contributed by atoms with Gasteiger partial charge in [0.2, 0.25) is 5.75 Å². The predicted molar refractivity (Wildman–Crippen MR) is 141 cm³/mol. The molecule has 1 heterocycles. The van der Waals surface area contributed by atoms with Crippen LogP contribution in [-0.4, -0.2) is 32.6 Å². The number of hydrogen-bond acceptors (Lipinski definition) is 7. The van der Waals surface area contributed by atoms with Gasteiger partial charge in [-0.25, -0.2) is 4.79 Å². The molecule has 2 atom stereocenters. The molecular formula is C30H35NO6. The Labute approximate surface area is 218 Å². The van der Waals surface area contributed by atoms with E-state index in [-0.39, 0.29) is 19.0 Å². The van der Waals surface area contributed by atoms with Crippen molar-refractivity contribution in [3.05, 3.63) is 75.6 Å². The molecule has 37 heavy (non-hydrogen) atoms. The van der Waals surface area contributed by atoms with Crippen molar-refractivity contribution >= 4 is 11.8 Å². The van der Waals surface area contributed by atoms with Crippen molar-refractivity contribution in [1.82, 2.24) is 5.32 Å². The fourth-order valence-electron chi connectivity index (χ4n) is 5.34. The summed E-state index contributed by atoms with van der Waals surface area (Å²) in [6.07, 6.45) is 3.22. The van der Waals surface area contributed by atoms with Crippen LogP contribution >= 0.6 is 0 Å². The summed E-state index contributed by atoms with van der Waals surface area (Å²) in [4.78, 5) is 26.4. The molecule has 7 heteroatoms. The summed E-state index contributed by atoms with van der Waals surface area (Å²) in [5, 5.41) is 3.32. The Morgan fingerprint density at radius 3 is 2.38 bits per heavy atom. The molecule has 0 saturated heterocycles. The number of para-hydroxylation sites is 1. The van der Waals surface area contributed by atoms with Crippen molar-refractivity contribution in [2.75, 3.05) is 20.8 Å². The zero-order valence-electron chi connectivity index (χ0n) is 22.4. The molecule has 2 aromatic rings. The van der Waals surface area contributed by atoms with Crippen LogP contribution in [0.2, 0.25) is 0 Å². The molecule has 1 aliphatic heterocycles. The first kappa shape index (κ1) is 26.3. The third-order valence-corrected chi connectivity index (χ3v) is 7.13. The first-order chi connectivity index (χ1) is 17.8. The lowest BCUT2D eigenvalue weighted by molar-refractivity contribution is -0.139. The maximum Gasteiger partial charge on any atom is 0.336 e. The van der Waals surface area contributed by atoms with Crippen LogP contribution < -0.4 is 19.5 Å². The molecule has 0 bridgehead atoms. The van der Waals surface area contributed by atoms with Gasteiger partial charge in [-0.15, -0.1) is 0 Å². The number of carbonyl (C=O) groups is 2. The summed E-state index contributed by atoms with van der Waals surface area (Å²) < 4.78 is 22.6. The van der Waals surface area contributed by atoms with Crippen LogP contribution in [0.25, 0.3) is 0 Å². The minimum Gasteiger partial charge on any atom is -0.493 e. The Morgan fingerprint density at radius 2 is 1.73 bits per heavy atom. The average molecular weight is 506 g/mol. The van der Waals surface area contributed by atoms with E-state index in [9.17, 15) is 9.59 Å². The normalized spacial score (nSPS) is 19.0. The summed E-state index contributed by atoms with van der Waals surface area (Å²) in [6, 6.07) is 9.64. The minimum absolute atomic E-state index is 0.126. The highest BCUT2D eigenvalue weighted by Gasteiger charge is 2.44. The third kappa shape index (κ3) is 5.08. The van der Waals surface area contributed by atoms with Gasteiger partial charge in [0.05, 0.1) is 32.3 Å². The second kappa shape index (κ2) is 11.1. The molecule has 1 aliphatic carbocycles. The third-order valence-electron chi connectivity index (χ3n) is 7.13. The fraction of sp³-hybridized carbons (Fsp3) is 0.400. The summed E-state index contributed by atoms with van der Waals surface area (Å²) >= 11 is 0. The Morgan fingerprint density at radius 1 is 1.03 bits per heavy atom. The maximum atomic E-state index is 13.3. The van der Waals surface area contributed by atoms with Gasteiger partial charge >= 0.3 is 5.97 Å². The van der Waals surface area contributed by atoms with Crippen LogP contribution in [-0.2, 0) is 20.9 Å². The average Bonchev–Trinajstić information content (AvgIpc) is 2.87. The van der Waals surface area contributed by atoms with E-state index < -0.39 is 17.8 Å². The molecule has 0 radical (unpaired) electrons. The van der Waals surface area contributed by atoms with Gasteiger partial charge in [-0.2, -0.15) is 0 Å². The number of hydrogen-bond donors (Lipinski definition) is 1. The van der Waals surface area contributed by atoms with Gasteiger partial charge in [0, 0.05) is 23.7 Å². The summed E-state index contributed by atoms with van der Waals surface area (Å²) in [6.45, 7) is 8.23. The van der Waals surface area contributed by atoms with E-state index in [0.717, 1.165) is 33.6 Å². The quantitative estimate of drug-likeness (QED) is 0.488. The number of Topliss-reactive ketones (excluding diaryl/α,β-unsaturated/α-hetero) is 1. The van der Waals surface area contributed by atoms with Crippen molar-refractivity contribution in [3.63, 3.8) is 0 Å². The second-order valence-corrected chi connectivity index (χ2v) is 9.42. The molecule has 0 aromatic heterocycles. The molecule has 2 unspecified atom stereocenters. The lowest BCUT2D eigenvalue weighted by atomic mass is 9.69. The lowest BCUT2D eigenvalue weighted by Crippen LogP contribution is -2.41. The second-order valence-electron chi connectivity index (χ2n) is 9.42. The van der Waals surface area contributed by atoms with E-state index in [1.54, 1.807) is 21.1 Å². The maximum absolute atomic E-state index is 13.3. The predicted octanol–water partition coefficient (Wildman–Crippen LogP) is 5.29. The number of benzene rings is 2. The van der Waals surface area contributed by atoms with Gasteiger partial charge in [0.25, 0.3) is 0 Å². The summed E-state index contributed by atoms with van der Waals surface area (Å²) in [5.74, 6) is 0.501. The molecule has 0 saturated carbocycles. The molecule has 0 fully saturated rings. The number of allylic oxidation sites excluding steroid dienone is 3. The van der Waals surface area contributed by atoms with E-state index in [1.807, 2.05) is 39.0 Å². The largest absolute Gasteiger partial charge is 0.493 e. The van der Waals surface area contributed by atoms with Crippen LogP contribution in [0.5, 0.6) is 17.2 Å². The molecule has 4 rings (SSSR count). The number of rotatable bonds is 8. The zero-order chi connectivity index (χ0) is 26.7. The Balaban J connectivity index is 1.79. The van der Waals surface area contributed by atoms with Gasteiger partial charge in [0.15, 0.2) is 11.5 Å². The van der Waals surface area contributed by atoms with E-state index in [0.29, 0.717) is 35.7 Å². The number of ketones is 1. The van der Waals surface area contributed by atoms with Crippen molar-refractivity contribution in [2.45, 2.75) is 53.1 Å². The van der Waals surface area contributed by atoms with Crippen LogP contribution in [0, 0.1) is 19.8 Å². The summed E-state index contributed by atoms with van der Waals surface area (Å²) in [7, 11) is 3.18. The Kier molecular flexibility index (Phi) is 7.91. The lowest BCUT2D eigenvalue weighted by Gasteiger charge is -2.38. The summed E-state index contributed by atoms with van der Waals surface area (Å²) in [5.41, 5.74) is 6.02. The SMILES string of the molecule is CCOC(=O)C1=C(C)NC2=CCCC(=O)C2C1c1cc(COc2c(OC)cccc2OC)c(C)cc1C. The van der Waals surface area contributed by atoms with E-state index in [2.05, 4.69) is 23.5 Å². The Bertz CT molecular complexity index is 1250. The van der Waals surface area contributed by atoms with Crippen LogP contribution in [0.3, 0.4) is 0 Å². The first-order valence-corrected chi connectivity index (χ1v) is 12.6. The van der Waals surface area contributed by atoms with Gasteiger partial charge < -0.3 is 24.3 Å². The highest BCUT2D eigenvalue weighted by molar-refractivity contribution is 5.96. The number of esters is 1. The van der Waals surface area contributed by atoms with Crippen LogP contribution in [0.4, 0.5) is 0 Å². The highest BCUT2D eigenvalue weighted by atomic mass is 16.5. The van der Waals surface area contributed by atoms with Crippen molar-refractivity contribution in [1.29, 1.82) is 0 Å². The van der Waals surface area contributed by atoms with E-state index >= 15 is 0 Å². The molecule has 2 aromatic carbocycles. The van der Waals surface area contributed by atoms with Crippen molar-refractivity contribution in [2.24, 2.45) is 5.92 Å².